The molecule has 72 valence electrons. The van der Waals surface area contributed by atoms with Gasteiger partial charge in [0.1, 0.15) is 5.82 Å². The fourth-order valence-corrected chi connectivity index (χ4v) is 1.78. The van der Waals surface area contributed by atoms with Gasteiger partial charge in [0, 0.05) is 15.2 Å². The fourth-order valence-electron chi connectivity index (χ4n) is 1.27. The standard InChI is InChI=1S/C10H13FIN/c1-2-3-10(13)8-6-7(12)4-5-9(8)11/h4-6,10H,2-3,13H2,1H3/t10-/m0/s1. The molecular formula is C10H13FIN. The van der Waals surface area contributed by atoms with E-state index in [1.165, 1.54) is 6.07 Å². The fraction of sp³-hybridized carbons (Fsp3) is 0.400. The number of benzene rings is 1. The molecule has 0 amide bonds. The molecule has 3 heteroatoms. The third kappa shape index (κ3) is 2.91. The smallest absolute Gasteiger partial charge is 0.128 e. The molecule has 2 N–H and O–H groups in total. The van der Waals surface area contributed by atoms with Gasteiger partial charge in [-0.3, -0.25) is 0 Å². The van der Waals surface area contributed by atoms with Crippen LogP contribution in [0.1, 0.15) is 31.4 Å². The number of halogens is 2. The maximum absolute atomic E-state index is 13.3. The summed E-state index contributed by atoms with van der Waals surface area (Å²) in [6, 6.07) is 4.88. The van der Waals surface area contributed by atoms with Crippen molar-refractivity contribution >= 4 is 22.6 Å². The Morgan fingerprint density at radius 3 is 2.85 bits per heavy atom. The Morgan fingerprint density at radius 1 is 1.54 bits per heavy atom. The van der Waals surface area contributed by atoms with Crippen molar-refractivity contribution in [3.63, 3.8) is 0 Å². The molecule has 0 aliphatic rings. The van der Waals surface area contributed by atoms with E-state index in [1.807, 2.05) is 13.0 Å². The molecule has 0 bridgehead atoms. The molecule has 0 radical (unpaired) electrons. The van der Waals surface area contributed by atoms with Crippen LogP contribution >= 0.6 is 22.6 Å². The Labute approximate surface area is 91.7 Å². The second-order valence-corrected chi connectivity index (χ2v) is 4.31. The van der Waals surface area contributed by atoms with Crippen LogP contribution in [-0.2, 0) is 0 Å². The van der Waals surface area contributed by atoms with Crippen LogP contribution in [0.5, 0.6) is 0 Å². The lowest BCUT2D eigenvalue weighted by molar-refractivity contribution is 0.559. The van der Waals surface area contributed by atoms with Crippen molar-refractivity contribution in [2.75, 3.05) is 0 Å². The summed E-state index contributed by atoms with van der Waals surface area (Å²) in [6.45, 7) is 2.05. The first-order chi connectivity index (χ1) is 6.15. The first-order valence-electron chi connectivity index (χ1n) is 4.35. The Kier molecular flexibility index (Phi) is 4.12. The quantitative estimate of drug-likeness (QED) is 0.851. The van der Waals surface area contributed by atoms with Crippen molar-refractivity contribution in [3.05, 3.63) is 33.1 Å². The second kappa shape index (κ2) is 4.91. The SMILES string of the molecule is CCC[C@H](N)c1cc(I)ccc1F. The zero-order chi connectivity index (χ0) is 9.84. The van der Waals surface area contributed by atoms with Gasteiger partial charge in [-0.2, -0.15) is 0 Å². The molecule has 0 aliphatic carbocycles. The number of hydrogen-bond acceptors (Lipinski definition) is 1. The Balaban J connectivity index is 2.91. The predicted octanol–water partition coefficient (Wildman–Crippen LogP) is 3.23. The van der Waals surface area contributed by atoms with E-state index in [4.69, 9.17) is 5.73 Å². The topological polar surface area (TPSA) is 26.0 Å². The van der Waals surface area contributed by atoms with E-state index >= 15 is 0 Å². The first kappa shape index (κ1) is 10.9. The summed E-state index contributed by atoms with van der Waals surface area (Å²) in [6.07, 6.45) is 1.81. The summed E-state index contributed by atoms with van der Waals surface area (Å²) in [5, 5.41) is 0. The summed E-state index contributed by atoms with van der Waals surface area (Å²) in [4.78, 5) is 0. The minimum Gasteiger partial charge on any atom is -0.324 e. The van der Waals surface area contributed by atoms with Gasteiger partial charge in [-0.1, -0.05) is 13.3 Å². The van der Waals surface area contributed by atoms with Gasteiger partial charge in [0.25, 0.3) is 0 Å². The largest absolute Gasteiger partial charge is 0.324 e. The molecule has 0 fully saturated rings. The minimum absolute atomic E-state index is 0.167. The van der Waals surface area contributed by atoms with Crippen LogP contribution in [0.3, 0.4) is 0 Å². The van der Waals surface area contributed by atoms with Gasteiger partial charge in [-0.15, -0.1) is 0 Å². The first-order valence-corrected chi connectivity index (χ1v) is 5.43. The Hall–Kier alpha value is -0.160. The molecule has 1 aromatic carbocycles. The number of nitrogens with two attached hydrogens (primary N) is 1. The molecular weight excluding hydrogens is 280 g/mol. The zero-order valence-electron chi connectivity index (χ0n) is 7.56. The maximum Gasteiger partial charge on any atom is 0.128 e. The van der Waals surface area contributed by atoms with E-state index in [2.05, 4.69) is 22.6 Å². The van der Waals surface area contributed by atoms with Crippen LogP contribution in [0.25, 0.3) is 0 Å². The lowest BCUT2D eigenvalue weighted by Crippen LogP contribution is -2.11. The van der Waals surface area contributed by atoms with Gasteiger partial charge in [0.05, 0.1) is 0 Å². The predicted molar refractivity (Wildman–Crippen MR) is 61.0 cm³/mol. The van der Waals surface area contributed by atoms with Gasteiger partial charge in [-0.05, 0) is 47.2 Å². The molecule has 1 nitrogen and oxygen atoms in total. The highest BCUT2D eigenvalue weighted by Crippen LogP contribution is 2.21. The molecule has 1 aromatic rings. The van der Waals surface area contributed by atoms with Crippen LogP contribution in [0.15, 0.2) is 18.2 Å². The summed E-state index contributed by atoms with van der Waals surface area (Å²) < 4.78 is 14.3. The average Bonchev–Trinajstić information content (AvgIpc) is 2.09. The lowest BCUT2D eigenvalue weighted by Gasteiger charge is -2.11. The Bertz CT molecular complexity index is 288. The van der Waals surface area contributed by atoms with Crippen molar-refractivity contribution in [1.29, 1.82) is 0 Å². The van der Waals surface area contributed by atoms with Crippen molar-refractivity contribution in [2.24, 2.45) is 5.73 Å². The van der Waals surface area contributed by atoms with Crippen molar-refractivity contribution in [2.45, 2.75) is 25.8 Å². The van der Waals surface area contributed by atoms with Gasteiger partial charge in [-0.25, -0.2) is 4.39 Å². The molecule has 0 heterocycles. The van der Waals surface area contributed by atoms with Gasteiger partial charge in [0.2, 0.25) is 0 Å². The van der Waals surface area contributed by atoms with Gasteiger partial charge < -0.3 is 5.73 Å². The number of rotatable bonds is 3. The van der Waals surface area contributed by atoms with Crippen LogP contribution in [0.2, 0.25) is 0 Å². The molecule has 0 saturated heterocycles. The third-order valence-electron chi connectivity index (χ3n) is 1.96. The molecule has 1 rings (SSSR count). The van der Waals surface area contributed by atoms with E-state index in [1.54, 1.807) is 6.07 Å². The molecule has 0 aliphatic heterocycles. The normalized spacial score (nSPS) is 12.9. The van der Waals surface area contributed by atoms with E-state index in [-0.39, 0.29) is 11.9 Å². The molecule has 0 spiro atoms. The molecule has 1 atom stereocenters. The van der Waals surface area contributed by atoms with Gasteiger partial charge >= 0.3 is 0 Å². The van der Waals surface area contributed by atoms with E-state index < -0.39 is 0 Å². The number of hydrogen-bond donors (Lipinski definition) is 1. The molecule has 0 aromatic heterocycles. The average molecular weight is 293 g/mol. The van der Waals surface area contributed by atoms with Gasteiger partial charge in [0.15, 0.2) is 0 Å². The summed E-state index contributed by atoms with van der Waals surface area (Å²) in [5.41, 5.74) is 6.47. The summed E-state index contributed by atoms with van der Waals surface area (Å²) in [7, 11) is 0. The summed E-state index contributed by atoms with van der Waals surface area (Å²) >= 11 is 2.16. The second-order valence-electron chi connectivity index (χ2n) is 3.06. The lowest BCUT2D eigenvalue weighted by atomic mass is 10.0. The van der Waals surface area contributed by atoms with Crippen LogP contribution in [0.4, 0.5) is 4.39 Å². The maximum atomic E-state index is 13.3. The Morgan fingerprint density at radius 2 is 2.23 bits per heavy atom. The monoisotopic (exact) mass is 293 g/mol. The van der Waals surface area contributed by atoms with Crippen LogP contribution in [0, 0.1) is 9.39 Å². The molecule has 0 saturated carbocycles. The highest BCUT2D eigenvalue weighted by atomic mass is 127. The van der Waals surface area contributed by atoms with Crippen molar-refractivity contribution in [3.8, 4) is 0 Å². The van der Waals surface area contributed by atoms with E-state index in [9.17, 15) is 4.39 Å². The third-order valence-corrected chi connectivity index (χ3v) is 2.63. The van der Waals surface area contributed by atoms with Crippen molar-refractivity contribution in [1.82, 2.24) is 0 Å². The molecule has 13 heavy (non-hydrogen) atoms. The minimum atomic E-state index is -0.193. The van der Waals surface area contributed by atoms with Crippen LogP contribution in [-0.4, -0.2) is 0 Å². The van der Waals surface area contributed by atoms with E-state index in [0.717, 1.165) is 16.4 Å². The van der Waals surface area contributed by atoms with Crippen molar-refractivity contribution < 1.29 is 4.39 Å². The van der Waals surface area contributed by atoms with Crippen LogP contribution < -0.4 is 5.73 Å². The molecule has 0 unspecified atom stereocenters. The van der Waals surface area contributed by atoms with E-state index in [0.29, 0.717) is 5.56 Å². The zero-order valence-corrected chi connectivity index (χ0v) is 9.71. The highest BCUT2D eigenvalue weighted by Gasteiger charge is 2.10. The highest BCUT2D eigenvalue weighted by molar-refractivity contribution is 14.1. The summed E-state index contributed by atoms with van der Waals surface area (Å²) in [5.74, 6) is -0.193.